The molecule has 0 bridgehead atoms. The molecule has 0 aliphatic rings. The van der Waals surface area contributed by atoms with E-state index in [4.69, 9.17) is 9.88 Å². The van der Waals surface area contributed by atoms with Crippen molar-refractivity contribution in [3.8, 4) is 5.88 Å². The van der Waals surface area contributed by atoms with E-state index in [1.54, 1.807) is 6.07 Å². The van der Waals surface area contributed by atoms with Crippen LogP contribution in [0.1, 0.15) is 10.4 Å². The lowest BCUT2D eigenvalue weighted by Crippen LogP contribution is -2.21. The molecule has 1 aromatic carbocycles. The SMILES string of the molecule is Cc1sc2ncnc(OCC(=O)Nc3cccc(S(N)(=O)=O)c3)c2c1C. The number of carbonyl (C=O) groups excluding carboxylic acids is 1. The number of anilines is 1. The van der Waals surface area contributed by atoms with Crippen molar-refractivity contribution in [1.82, 2.24) is 9.97 Å². The molecule has 3 N–H and O–H groups in total. The van der Waals surface area contributed by atoms with Gasteiger partial charge in [0.1, 0.15) is 11.2 Å². The van der Waals surface area contributed by atoms with Crippen LogP contribution in [-0.4, -0.2) is 30.9 Å². The minimum atomic E-state index is -3.84. The first-order valence-corrected chi connectivity index (χ1v) is 9.88. The molecular weight excluding hydrogens is 376 g/mol. The van der Waals surface area contributed by atoms with Gasteiger partial charge >= 0.3 is 0 Å². The number of ether oxygens (including phenoxy) is 1. The van der Waals surface area contributed by atoms with Crippen LogP contribution in [0.5, 0.6) is 5.88 Å². The van der Waals surface area contributed by atoms with Gasteiger partial charge in [-0.05, 0) is 37.6 Å². The van der Waals surface area contributed by atoms with Gasteiger partial charge in [-0.25, -0.2) is 23.5 Å². The summed E-state index contributed by atoms with van der Waals surface area (Å²) in [5, 5.41) is 8.44. The summed E-state index contributed by atoms with van der Waals surface area (Å²) >= 11 is 1.53. The maximum atomic E-state index is 12.1. The van der Waals surface area contributed by atoms with Crippen molar-refractivity contribution in [3.63, 3.8) is 0 Å². The van der Waals surface area contributed by atoms with E-state index in [-0.39, 0.29) is 11.5 Å². The Morgan fingerprint density at radius 3 is 2.81 bits per heavy atom. The summed E-state index contributed by atoms with van der Waals surface area (Å²) in [5.74, 6) is -0.113. The third-order valence-electron chi connectivity index (χ3n) is 3.72. The normalized spacial score (nSPS) is 11.5. The summed E-state index contributed by atoms with van der Waals surface area (Å²) in [6.45, 7) is 3.65. The molecule has 3 aromatic rings. The monoisotopic (exact) mass is 392 g/mol. The number of nitrogens with zero attached hydrogens (tertiary/aromatic N) is 2. The van der Waals surface area contributed by atoms with Gasteiger partial charge in [-0.15, -0.1) is 11.3 Å². The fraction of sp³-hybridized carbons (Fsp3) is 0.188. The van der Waals surface area contributed by atoms with Crippen molar-refractivity contribution >= 4 is 43.2 Å². The van der Waals surface area contributed by atoms with Crippen LogP contribution in [0, 0.1) is 13.8 Å². The first kappa shape index (κ1) is 18.2. The van der Waals surface area contributed by atoms with Gasteiger partial charge in [0.2, 0.25) is 15.9 Å². The van der Waals surface area contributed by atoms with Gasteiger partial charge in [-0.2, -0.15) is 0 Å². The highest BCUT2D eigenvalue weighted by atomic mass is 32.2. The number of thiophene rings is 1. The van der Waals surface area contributed by atoms with Crippen LogP contribution < -0.4 is 15.2 Å². The summed E-state index contributed by atoms with van der Waals surface area (Å²) < 4.78 is 28.3. The molecule has 2 heterocycles. The molecule has 0 fully saturated rings. The Morgan fingerprint density at radius 2 is 2.08 bits per heavy atom. The summed E-state index contributed by atoms with van der Waals surface area (Å²) in [5.41, 5.74) is 1.32. The van der Waals surface area contributed by atoms with E-state index < -0.39 is 15.9 Å². The Hall–Kier alpha value is -2.56. The third kappa shape index (κ3) is 3.82. The second-order valence-corrected chi connectivity index (χ2v) is 8.32. The predicted molar refractivity (Wildman–Crippen MR) is 98.8 cm³/mol. The molecule has 2 aromatic heterocycles. The minimum absolute atomic E-state index is 0.0851. The standard InChI is InChI=1S/C16H16N4O4S2/c1-9-10(2)25-16-14(9)15(18-8-19-16)24-7-13(21)20-11-4-3-5-12(6-11)26(17,22)23/h3-6,8H,7H2,1-2H3,(H,20,21)(H2,17,22,23). The van der Waals surface area contributed by atoms with Gasteiger partial charge in [-0.3, -0.25) is 4.79 Å². The molecule has 0 aliphatic carbocycles. The van der Waals surface area contributed by atoms with Crippen LogP contribution in [0.2, 0.25) is 0 Å². The largest absolute Gasteiger partial charge is 0.467 e. The molecule has 0 radical (unpaired) electrons. The third-order valence-corrected chi connectivity index (χ3v) is 5.74. The highest BCUT2D eigenvalue weighted by Gasteiger charge is 2.15. The fourth-order valence-corrected chi connectivity index (χ4v) is 3.89. The van der Waals surface area contributed by atoms with Crippen molar-refractivity contribution in [2.24, 2.45) is 5.14 Å². The molecule has 136 valence electrons. The number of fused-ring (bicyclic) bond motifs is 1. The van der Waals surface area contributed by atoms with Gasteiger partial charge in [0.15, 0.2) is 6.61 Å². The number of sulfonamides is 1. The molecule has 8 nitrogen and oxygen atoms in total. The molecule has 26 heavy (non-hydrogen) atoms. The second-order valence-electron chi connectivity index (χ2n) is 5.55. The number of aromatic nitrogens is 2. The van der Waals surface area contributed by atoms with Crippen molar-refractivity contribution in [1.29, 1.82) is 0 Å². The lowest BCUT2D eigenvalue weighted by molar-refractivity contribution is -0.118. The number of aryl methyl sites for hydroxylation is 2. The molecule has 0 atom stereocenters. The number of primary sulfonamides is 1. The Bertz CT molecular complexity index is 1090. The molecule has 1 amide bonds. The Balaban J connectivity index is 1.72. The number of hydrogen-bond donors (Lipinski definition) is 2. The molecule has 0 unspecified atom stereocenters. The first-order chi connectivity index (χ1) is 12.3. The maximum absolute atomic E-state index is 12.1. The van der Waals surface area contributed by atoms with E-state index in [0.717, 1.165) is 20.7 Å². The van der Waals surface area contributed by atoms with Gasteiger partial charge in [0, 0.05) is 10.6 Å². The Kier molecular flexibility index (Phi) is 4.90. The zero-order valence-electron chi connectivity index (χ0n) is 14.0. The van der Waals surface area contributed by atoms with E-state index in [0.29, 0.717) is 11.6 Å². The number of nitrogens with two attached hydrogens (primary N) is 1. The Morgan fingerprint density at radius 1 is 1.31 bits per heavy atom. The van der Waals surface area contributed by atoms with Crippen molar-refractivity contribution in [3.05, 3.63) is 41.0 Å². The summed E-state index contributed by atoms with van der Waals surface area (Å²) in [6, 6.07) is 5.67. The van der Waals surface area contributed by atoms with E-state index in [9.17, 15) is 13.2 Å². The van der Waals surface area contributed by atoms with Crippen molar-refractivity contribution in [2.75, 3.05) is 11.9 Å². The van der Waals surface area contributed by atoms with Crippen LogP contribution in [0.25, 0.3) is 10.2 Å². The van der Waals surface area contributed by atoms with Crippen molar-refractivity contribution in [2.45, 2.75) is 18.7 Å². The number of hydrogen-bond acceptors (Lipinski definition) is 7. The van der Waals surface area contributed by atoms with Crippen LogP contribution in [-0.2, 0) is 14.8 Å². The minimum Gasteiger partial charge on any atom is -0.467 e. The predicted octanol–water partition coefficient (Wildman–Crippen LogP) is 1.97. The van der Waals surface area contributed by atoms with Gasteiger partial charge < -0.3 is 10.1 Å². The lowest BCUT2D eigenvalue weighted by Gasteiger charge is -2.09. The molecule has 10 heteroatoms. The Labute approximate surface area is 154 Å². The average molecular weight is 392 g/mol. The fourth-order valence-electron chi connectivity index (χ4n) is 2.34. The van der Waals surface area contributed by atoms with E-state index in [2.05, 4.69) is 15.3 Å². The van der Waals surface area contributed by atoms with Gasteiger partial charge in [0.25, 0.3) is 5.91 Å². The summed E-state index contributed by atoms with van der Waals surface area (Å²) in [6.07, 6.45) is 1.39. The van der Waals surface area contributed by atoms with Crippen LogP contribution in [0.3, 0.4) is 0 Å². The van der Waals surface area contributed by atoms with Gasteiger partial charge in [-0.1, -0.05) is 6.07 Å². The number of benzene rings is 1. The highest BCUT2D eigenvalue weighted by Crippen LogP contribution is 2.33. The van der Waals surface area contributed by atoms with Crippen LogP contribution in [0.15, 0.2) is 35.5 Å². The van der Waals surface area contributed by atoms with Crippen LogP contribution in [0.4, 0.5) is 5.69 Å². The quantitative estimate of drug-likeness (QED) is 0.684. The highest BCUT2D eigenvalue weighted by molar-refractivity contribution is 7.89. The topological polar surface area (TPSA) is 124 Å². The first-order valence-electron chi connectivity index (χ1n) is 7.52. The van der Waals surface area contributed by atoms with E-state index >= 15 is 0 Å². The maximum Gasteiger partial charge on any atom is 0.262 e. The number of amides is 1. The number of carbonyl (C=O) groups is 1. The molecule has 0 aliphatic heterocycles. The van der Waals surface area contributed by atoms with Gasteiger partial charge in [0.05, 0.1) is 10.3 Å². The molecular formula is C16H16N4O4S2. The zero-order chi connectivity index (χ0) is 18.9. The molecule has 0 saturated heterocycles. The van der Waals surface area contributed by atoms with E-state index in [1.807, 2.05) is 13.8 Å². The molecule has 3 rings (SSSR count). The lowest BCUT2D eigenvalue weighted by atomic mass is 10.2. The van der Waals surface area contributed by atoms with Crippen molar-refractivity contribution < 1.29 is 17.9 Å². The summed E-state index contributed by atoms with van der Waals surface area (Å²) in [7, 11) is -3.84. The molecule has 0 spiro atoms. The number of rotatable bonds is 5. The smallest absolute Gasteiger partial charge is 0.262 e. The number of nitrogens with one attached hydrogen (secondary N) is 1. The average Bonchev–Trinajstić information content (AvgIpc) is 2.87. The second kappa shape index (κ2) is 6.98. The summed E-state index contributed by atoms with van der Waals surface area (Å²) in [4.78, 5) is 22.2. The molecule has 0 saturated carbocycles. The van der Waals surface area contributed by atoms with E-state index in [1.165, 1.54) is 35.9 Å². The van der Waals surface area contributed by atoms with Crippen LogP contribution >= 0.6 is 11.3 Å². The zero-order valence-corrected chi connectivity index (χ0v) is 15.6.